The first-order chi connectivity index (χ1) is 8.18. The summed E-state index contributed by atoms with van der Waals surface area (Å²) in [6.45, 7) is 0.436. The Morgan fingerprint density at radius 1 is 1.12 bits per heavy atom. The summed E-state index contributed by atoms with van der Waals surface area (Å²) in [4.78, 5) is 24.5. The molecular formula is C13H16N2O2. The molecule has 2 rings (SSSR count). The number of nitrogen functional groups attached to an aromatic ring is 1. The lowest BCUT2D eigenvalue weighted by Gasteiger charge is -2.24. The Labute approximate surface area is 100 Å². The smallest absolute Gasteiger partial charge is 0.229 e. The maximum Gasteiger partial charge on any atom is 0.229 e. The van der Waals surface area contributed by atoms with Crippen LogP contribution < -0.4 is 5.73 Å². The Hall–Kier alpha value is -1.84. The first-order valence-electron chi connectivity index (χ1n) is 5.85. The molecule has 0 aliphatic carbocycles. The monoisotopic (exact) mass is 232 g/mol. The van der Waals surface area contributed by atoms with Crippen LogP contribution in [0.3, 0.4) is 0 Å². The van der Waals surface area contributed by atoms with Crippen LogP contribution in [-0.2, 0) is 16.0 Å². The van der Waals surface area contributed by atoms with E-state index in [9.17, 15) is 9.59 Å². The van der Waals surface area contributed by atoms with Crippen LogP contribution in [0.5, 0.6) is 0 Å². The van der Waals surface area contributed by atoms with Crippen molar-refractivity contribution >= 4 is 17.5 Å². The number of imide groups is 1. The van der Waals surface area contributed by atoms with E-state index in [1.807, 2.05) is 24.3 Å². The van der Waals surface area contributed by atoms with Crippen LogP contribution in [0.2, 0.25) is 0 Å². The molecule has 1 heterocycles. The SMILES string of the molecule is Nc1ccccc1CCN1C(=O)CCCC1=O. The van der Waals surface area contributed by atoms with Gasteiger partial charge in [-0.2, -0.15) is 0 Å². The van der Waals surface area contributed by atoms with E-state index < -0.39 is 0 Å². The van der Waals surface area contributed by atoms with Crippen LogP contribution in [0.4, 0.5) is 5.69 Å². The predicted molar refractivity (Wildman–Crippen MR) is 65.1 cm³/mol. The lowest BCUT2D eigenvalue weighted by Crippen LogP contribution is -2.41. The number of carbonyl (C=O) groups is 2. The molecule has 0 unspecified atom stereocenters. The van der Waals surface area contributed by atoms with Gasteiger partial charge in [-0.05, 0) is 24.5 Å². The van der Waals surface area contributed by atoms with Crippen molar-refractivity contribution in [1.29, 1.82) is 0 Å². The highest BCUT2D eigenvalue weighted by atomic mass is 16.2. The van der Waals surface area contributed by atoms with Gasteiger partial charge in [0.1, 0.15) is 0 Å². The van der Waals surface area contributed by atoms with Crippen molar-refractivity contribution in [3.05, 3.63) is 29.8 Å². The molecule has 4 heteroatoms. The predicted octanol–water partition coefficient (Wildman–Crippen LogP) is 1.35. The van der Waals surface area contributed by atoms with Crippen LogP contribution in [0.25, 0.3) is 0 Å². The van der Waals surface area contributed by atoms with Crippen molar-refractivity contribution in [2.24, 2.45) is 0 Å². The van der Waals surface area contributed by atoms with Gasteiger partial charge in [0, 0.05) is 25.1 Å². The van der Waals surface area contributed by atoms with Crippen molar-refractivity contribution in [3.8, 4) is 0 Å². The highest BCUT2D eigenvalue weighted by molar-refractivity contribution is 5.97. The second-order valence-electron chi connectivity index (χ2n) is 4.24. The summed E-state index contributed by atoms with van der Waals surface area (Å²) in [6.07, 6.45) is 2.28. The van der Waals surface area contributed by atoms with Crippen molar-refractivity contribution in [2.75, 3.05) is 12.3 Å². The van der Waals surface area contributed by atoms with Gasteiger partial charge in [0.25, 0.3) is 0 Å². The maximum atomic E-state index is 11.6. The molecule has 1 aliphatic rings. The zero-order valence-electron chi connectivity index (χ0n) is 9.69. The number of piperidine rings is 1. The fourth-order valence-corrected chi connectivity index (χ4v) is 2.04. The van der Waals surface area contributed by atoms with Gasteiger partial charge >= 0.3 is 0 Å². The number of hydrogen-bond donors (Lipinski definition) is 1. The highest BCUT2D eigenvalue weighted by Crippen LogP contribution is 2.15. The maximum absolute atomic E-state index is 11.6. The molecule has 0 aromatic heterocycles. The summed E-state index contributed by atoms with van der Waals surface area (Å²) in [6, 6.07) is 7.53. The topological polar surface area (TPSA) is 63.4 Å². The number of carbonyl (C=O) groups excluding carboxylic acids is 2. The average molecular weight is 232 g/mol. The Morgan fingerprint density at radius 3 is 2.41 bits per heavy atom. The quantitative estimate of drug-likeness (QED) is 0.632. The summed E-state index contributed by atoms with van der Waals surface area (Å²) in [5.41, 5.74) is 7.51. The molecule has 4 nitrogen and oxygen atoms in total. The third-order valence-corrected chi connectivity index (χ3v) is 3.04. The van der Waals surface area contributed by atoms with E-state index in [4.69, 9.17) is 5.73 Å². The summed E-state index contributed by atoms with van der Waals surface area (Å²) < 4.78 is 0. The highest BCUT2D eigenvalue weighted by Gasteiger charge is 2.25. The van der Waals surface area contributed by atoms with E-state index in [1.54, 1.807) is 0 Å². The van der Waals surface area contributed by atoms with Crippen LogP contribution in [-0.4, -0.2) is 23.3 Å². The number of nitrogens with two attached hydrogens (primary N) is 1. The van der Waals surface area contributed by atoms with E-state index in [0.717, 1.165) is 5.56 Å². The molecule has 17 heavy (non-hydrogen) atoms. The molecule has 2 N–H and O–H groups in total. The minimum atomic E-state index is -0.0595. The average Bonchev–Trinajstić information content (AvgIpc) is 2.30. The number of rotatable bonds is 3. The van der Waals surface area contributed by atoms with Crippen LogP contribution in [0, 0.1) is 0 Å². The number of amides is 2. The fraction of sp³-hybridized carbons (Fsp3) is 0.385. The van der Waals surface area contributed by atoms with E-state index >= 15 is 0 Å². The van der Waals surface area contributed by atoms with Crippen molar-refractivity contribution in [3.63, 3.8) is 0 Å². The first-order valence-corrected chi connectivity index (χ1v) is 5.85. The second kappa shape index (κ2) is 4.99. The van der Waals surface area contributed by atoms with Crippen LogP contribution in [0.15, 0.2) is 24.3 Å². The Balaban J connectivity index is 2.00. The standard InChI is InChI=1S/C13H16N2O2/c14-11-5-2-1-4-10(11)8-9-15-12(16)6-3-7-13(15)17/h1-2,4-5H,3,6-9,14H2. The fourth-order valence-electron chi connectivity index (χ4n) is 2.04. The summed E-state index contributed by atoms with van der Waals surface area (Å²) in [5.74, 6) is -0.119. The number of benzene rings is 1. The Bertz CT molecular complexity index is 427. The van der Waals surface area contributed by atoms with E-state index in [0.29, 0.717) is 37.9 Å². The number of likely N-dealkylation sites (tertiary alicyclic amines) is 1. The molecule has 1 fully saturated rings. The number of nitrogens with zero attached hydrogens (tertiary/aromatic N) is 1. The summed E-state index contributed by atoms with van der Waals surface area (Å²) in [7, 11) is 0. The molecule has 1 aliphatic heterocycles. The molecular weight excluding hydrogens is 216 g/mol. The number of hydrogen-bond acceptors (Lipinski definition) is 3. The number of anilines is 1. The molecule has 1 aromatic rings. The number of para-hydroxylation sites is 1. The largest absolute Gasteiger partial charge is 0.399 e. The van der Waals surface area contributed by atoms with Gasteiger partial charge in [0.2, 0.25) is 11.8 Å². The summed E-state index contributed by atoms with van der Waals surface area (Å²) in [5, 5.41) is 0. The van der Waals surface area contributed by atoms with E-state index in [2.05, 4.69) is 0 Å². The van der Waals surface area contributed by atoms with Gasteiger partial charge in [0.05, 0.1) is 0 Å². The van der Waals surface area contributed by atoms with Crippen LogP contribution >= 0.6 is 0 Å². The minimum absolute atomic E-state index is 0.0595. The third-order valence-electron chi connectivity index (χ3n) is 3.04. The Morgan fingerprint density at radius 2 is 1.76 bits per heavy atom. The zero-order valence-corrected chi connectivity index (χ0v) is 9.69. The molecule has 0 spiro atoms. The summed E-state index contributed by atoms with van der Waals surface area (Å²) >= 11 is 0. The minimum Gasteiger partial charge on any atom is -0.399 e. The van der Waals surface area contributed by atoms with Gasteiger partial charge in [-0.25, -0.2) is 0 Å². The molecule has 0 radical (unpaired) electrons. The zero-order chi connectivity index (χ0) is 12.3. The molecule has 0 saturated carbocycles. The first kappa shape index (κ1) is 11.6. The molecule has 90 valence electrons. The van der Waals surface area contributed by atoms with Crippen LogP contribution in [0.1, 0.15) is 24.8 Å². The molecule has 0 atom stereocenters. The van der Waals surface area contributed by atoms with Gasteiger partial charge in [-0.3, -0.25) is 14.5 Å². The van der Waals surface area contributed by atoms with E-state index in [1.165, 1.54) is 4.90 Å². The van der Waals surface area contributed by atoms with Gasteiger partial charge in [-0.15, -0.1) is 0 Å². The molecule has 2 amide bonds. The normalized spacial score (nSPS) is 16.4. The lowest BCUT2D eigenvalue weighted by atomic mass is 10.1. The van der Waals surface area contributed by atoms with Crippen molar-refractivity contribution in [2.45, 2.75) is 25.7 Å². The van der Waals surface area contributed by atoms with Crippen molar-refractivity contribution < 1.29 is 9.59 Å². The third kappa shape index (κ3) is 2.64. The molecule has 1 aromatic carbocycles. The van der Waals surface area contributed by atoms with E-state index in [-0.39, 0.29) is 11.8 Å². The van der Waals surface area contributed by atoms with Gasteiger partial charge in [-0.1, -0.05) is 18.2 Å². The lowest BCUT2D eigenvalue weighted by molar-refractivity contribution is -0.147. The molecule has 1 saturated heterocycles. The Kier molecular flexibility index (Phi) is 3.42. The molecule has 0 bridgehead atoms. The van der Waals surface area contributed by atoms with Crippen molar-refractivity contribution in [1.82, 2.24) is 4.90 Å². The second-order valence-corrected chi connectivity index (χ2v) is 4.24. The van der Waals surface area contributed by atoms with Gasteiger partial charge < -0.3 is 5.73 Å². The van der Waals surface area contributed by atoms with Gasteiger partial charge in [0.15, 0.2) is 0 Å².